The van der Waals surface area contributed by atoms with Gasteiger partial charge in [0, 0.05) is 17.8 Å². The fourth-order valence-electron chi connectivity index (χ4n) is 2.30. The van der Waals surface area contributed by atoms with Gasteiger partial charge in [-0.15, -0.1) is 0 Å². The lowest BCUT2D eigenvalue weighted by molar-refractivity contribution is 0.168. The molecule has 122 valence electrons. The van der Waals surface area contributed by atoms with Gasteiger partial charge in [0.15, 0.2) is 0 Å². The van der Waals surface area contributed by atoms with Crippen molar-refractivity contribution in [2.24, 2.45) is 0 Å². The van der Waals surface area contributed by atoms with Crippen LogP contribution in [0, 0.1) is 0 Å². The monoisotopic (exact) mass is 326 g/mol. The van der Waals surface area contributed by atoms with E-state index in [0.717, 1.165) is 0 Å². The van der Waals surface area contributed by atoms with Crippen molar-refractivity contribution in [3.05, 3.63) is 53.0 Å². The summed E-state index contributed by atoms with van der Waals surface area (Å²) in [5.41, 5.74) is 0.818. The van der Waals surface area contributed by atoms with Crippen LogP contribution in [-0.4, -0.2) is 22.8 Å². The van der Waals surface area contributed by atoms with Gasteiger partial charge in [0.2, 0.25) is 11.1 Å². The summed E-state index contributed by atoms with van der Waals surface area (Å²) in [7, 11) is 0. The molecule has 3 aromatic rings. The molecule has 0 saturated heterocycles. The van der Waals surface area contributed by atoms with Gasteiger partial charge in [-0.25, -0.2) is 9.78 Å². The molecule has 0 fully saturated rings. The quantitative estimate of drug-likeness (QED) is 0.766. The first-order valence-corrected chi connectivity index (χ1v) is 7.24. The number of fused-ring (bicyclic) bond motifs is 1. The molecule has 0 spiro atoms. The highest BCUT2D eigenvalue weighted by Gasteiger charge is 2.15. The average Bonchev–Trinajstić information content (AvgIpc) is 2.56. The summed E-state index contributed by atoms with van der Waals surface area (Å²) in [6.07, 6.45) is 2.12. The number of nitrogens with one attached hydrogen (secondary N) is 1. The van der Waals surface area contributed by atoms with Crippen LogP contribution in [0.4, 0.5) is 10.5 Å². The van der Waals surface area contributed by atoms with E-state index >= 15 is 0 Å². The fraction of sp³-hybridized carbons (Fsp3) is 0.118. The number of hydrogen-bond acceptors (Lipinski definition) is 6. The summed E-state index contributed by atoms with van der Waals surface area (Å²) < 4.78 is 10.2. The number of benzene rings is 1. The number of anilines is 1. The lowest BCUT2D eigenvalue weighted by Crippen LogP contribution is -2.15. The predicted molar refractivity (Wildman–Crippen MR) is 88.0 cm³/mol. The van der Waals surface area contributed by atoms with Crippen molar-refractivity contribution in [1.82, 2.24) is 4.98 Å². The van der Waals surface area contributed by atoms with Crippen LogP contribution in [-0.2, 0) is 4.74 Å². The number of phenolic OH excluding ortho intramolecular Hbond substituents is 1. The number of amides is 1. The van der Waals surface area contributed by atoms with Gasteiger partial charge in [-0.1, -0.05) is 0 Å². The molecule has 0 radical (unpaired) electrons. The van der Waals surface area contributed by atoms with Gasteiger partial charge in [-0.3, -0.25) is 10.1 Å². The Balaban J connectivity index is 2.14. The van der Waals surface area contributed by atoms with Crippen LogP contribution >= 0.6 is 0 Å². The first-order chi connectivity index (χ1) is 11.6. The molecule has 24 heavy (non-hydrogen) atoms. The van der Waals surface area contributed by atoms with Crippen molar-refractivity contribution in [3.63, 3.8) is 0 Å². The highest BCUT2D eigenvalue weighted by Crippen LogP contribution is 2.30. The van der Waals surface area contributed by atoms with Crippen LogP contribution in [0.3, 0.4) is 0 Å². The standard InChI is InChI=1S/C17H14N2O5/c1-2-23-17(22)19-14-8-10(20)5-6-11(14)13-9-24-16-12(15(13)21)4-3-7-18-16/h3-9,20H,2H2,1H3,(H,19,22). The summed E-state index contributed by atoms with van der Waals surface area (Å²) in [6.45, 7) is 1.87. The third-order valence-electron chi connectivity index (χ3n) is 3.35. The minimum Gasteiger partial charge on any atom is -0.508 e. The van der Waals surface area contributed by atoms with Crippen LogP contribution in [0.2, 0.25) is 0 Å². The maximum atomic E-state index is 12.7. The SMILES string of the molecule is CCOC(=O)Nc1cc(O)ccc1-c1coc2ncccc2c1=O. The van der Waals surface area contributed by atoms with Gasteiger partial charge >= 0.3 is 6.09 Å². The molecule has 2 heterocycles. The van der Waals surface area contributed by atoms with Crippen LogP contribution in [0.15, 0.2) is 52.0 Å². The van der Waals surface area contributed by atoms with E-state index in [1.807, 2.05) is 0 Å². The molecule has 0 unspecified atom stereocenters. The highest BCUT2D eigenvalue weighted by molar-refractivity contribution is 5.93. The number of ether oxygens (including phenoxy) is 1. The molecule has 0 aliphatic rings. The Morgan fingerprint density at radius 1 is 1.33 bits per heavy atom. The Kier molecular flexibility index (Phi) is 4.15. The van der Waals surface area contributed by atoms with Crippen molar-refractivity contribution in [2.45, 2.75) is 6.92 Å². The van der Waals surface area contributed by atoms with Crippen molar-refractivity contribution in [3.8, 4) is 16.9 Å². The lowest BCUT2D eigenvalue weighted by atomic mass is 10.0. The van der Waals surface area contributed by atoms with Crippen molar-refractivity contribution >= 4 is 22.9 Å². The molecule has 3 rings (SSSR count). The second kappa shape index (κ2) is 6.41. The Morgan fingerprint density at radius 2 is 2.17 bits per heavy atom. The molecule has 0 aliphatic heterocycles. The number of pyridine rings is 1. The Morgan fingerprint density at radius 3 is 2.96 bits per heavy atom. The number of aromatic hydroxyl groups is 1. The van der Waals surface area contributed by atoms with Crippen LogP contribution in [0.5, 0.6) is 5.75 Å². The minimum absolute atomic E-state index is 0.0580. The van der Waals surface area contributed by atoms with Crippen molar-refractivity contribution in [1.29, 1.82) is 0 Å². The normalized spacial score (nSPS) is 10.5. The molecular formula is C17H14N2O5. The number of carbonyl (C=O) groups is 1. The van der Waals surface area contributed by atoms with Crippen LogP contribution < -0.4 is 10.7 Å². The van der Waals surface area contributed by atoms with Gasteiger partial charge < -0.3 is 14.3 Å². The molecule has 0 aliphatic carbocycles. The van der Waals surface area contributed by atoms with E-state index in [-0.39, 0.29) is 34.7 Å². The van der Waals surface area contributed by atoms with E-state index in [0.29, 0.717) is 10.9 Å². The second-order valence-corrected chi connectivity index (χ2v) is 4.91. The Labute approximate surface area is 136 Å². The lowest BCUT2D eigenvalue weighted by Gasteiger charge is -2.11. The average molecular weight is 326 g/mol. The van der Waals surface area contributed by atoms with Crippen LogP contribution in [0.1, 0.15) is 6.92 Å². The molecule has 7 heteroatoms. The van der Waals surface area contributed by atoms with E-state index in [1.165, 1.54) is 30.7 Å². The first-order valence-electron chi connectivity index (χ1n) is 7.24. The molecule has 2 aromatic heterocycles. The summed E-state index contributed by atoms with van der Waals surface area (Å²) in [5.74, 6) is -0.0580. The smallest absolute Gasteiger partial charge is 0.411 e. The van der Waals surface area contributed by atoms with Gasteiger partial charge in [0.1, 0.15) is 12.0 Å². The first kappa shape index (κ1) is 15.5. The molecule has 1 aromatic carbocycles. The maximum Gasteiger partial charge on any atom is 0.411 e. The predicted octanol–water partition coefficient (Wildman–Crippen LogP) is 3.13. The van der Waals surface area contributed by atoms with Gasteiger partial charge in [0.25, 0.3) is 0 Å². The van der Waals surface area contributed by atoms with Crippen molar-refractivity contribution < 1.29 is 19.1 Å². The fourth-order valence-corrected chi connectivity index (χ4v) is 2.30. The number of aromatic nitrogens is 1. The van der Waals surface area contributed by atoms with E-state index in [2.05, 4.69) is 10.3 Å². The number of phenols is 1. The van der Waals surface area contributed by atoms with E-state index in [1.54, 1.807) is 19.1 Å². The van der Waals surface area contributed by atoms with Gasteiger partial charge in [-0.05, 0) is 31.2 Å². The maximum absolute atomic E-state index is 12.7. The Hall–Kier alpha value is -3.35. The number of nitrogens with zero attached hydrogens (tertiary/aromatic N) is 1. The topological polar surface area (TPSA) is 102 Å². The molecule has 1 amide bonds. The third kappa shape index (κ3) is 2.91. The van der Waals surface area contributed by atoms with Gasteiger partial charge in [0.05, 0.1) is 23.2 Å². The zero-order valence-corrected chi connectivity index (χ0v) is 12.8. The number of carbonyl (C=O) groups excluding carboxylic acids is 1. The summed E-state index contributed by atoms with van der Waals surface area (Å²) in [6, 6.07) is 7.51. The van der Waals surface area contributed by atoms with E-state index in [9.17, 15) is 14.7 Å². The van der Waals surface area contributed by atoms with Gasteiger partial charge in [-0.2, -0.15) is 0 Å². The Bertz CT molecular complexity index is 965. The summed E-state index contributed by atoms with van der Waals surface area (Å²) >= 11 is 0. The third-order valence-corrected chi connectivity index (χ3v) is 3.35. The minimum atomic E-state index is -0.684. The zero-order chi connectivity index (χ0) is 17.1. The van der Waals surface area contributed by atoms with E-state index in [4.69, 9.17) is 9.15 Å². The molecule has 0 saturated carbocycles. The largest absolute Gasteiger partial charge is 0.508 e. The second-order valence-electron chi connectivity index (χ2n) is 4.91. The molecule has 0 bridgehead atoms. The molecule has 0 atom stereocenters. The highest BCUT2D eigenvalue weighted by atomic mass is 16.5. The molecular weight excluding hydrogens is 312 g/mol. The van der Waals surface area contributed by atoms with E-state index < -0.39 is 6.09 Å². The number of hydrogen-bond donors (Lipinski definition) is 2. The zero-order valence-electron chi connectivity index (χ0n) is 12.8. The molecule has 7 nitrogen and oxygen atoms in total. The summed E-state index contributed by atoms with van der Waals surface area (Å²) in [4.78, 5) is 28.3. The summed E-state index contributed by atoms with van der Waals surface area (Å²) in [5, 5.41) is 12.5. The number of rotatable bonds is 3. The van der Waals surface area contributed by atoms with Crippen molar-refractivity contribution in [2.75, 3.05) is 11.9 Å². The molecule has 2 N–H and O–H groups in total. The van der Waals surface area contributed by atoms with Crippen LogP contribution in [0.25, 0.3) is 22.2 Å².